The zero-order chi connectivity index (χ0) is 12.1. The molecule has 0 saturated carbocycles. The van der Waals surface area contributed by atoms with Crippen molar-refractivity contribution in [1.82, 2.24) is 14.6 Å². The molecule has 0 aliphatic heterocycles. The Balaban J connectivity index is 2.41. The molecule has 4 nitrogen and oxygen atoms in total. The summed E-state index contributed by atoms with van der Waals surface area (Å²) in [6.45, 7) is 4.79. The monoisotopic (exact) mass is 303 g/mol. The van der Waals surface area contributed by atoms with Gasteiger partial charge in [-0.1, -0.05) is 6.58 Å². The summed E-state index contributed by atoms with van der Waals surface area (Å²) in [5.41, 5.74) is 0.561. The minimum absolute atomic E-state index is 0.117. The molecule has 0 radical (unpaired) electrons. The highest BCUT2D eigenvalue weighted by Gasteiger charge is 2.09. The Morgan fingerprint density at radius 2 is 2.38 bits per heavy atom. The van der Waals surface area contributed by atoms with E-state index in [2.05, 4.69) is 32.2 Å². The Kier molecular flexibility index (Phi) is 5.11. The van der Waals surface area contributed by atoms with Gasteiger partial charge in [-0.25, -0.2) is 0 Å². The lowest BCUT2D eigenvalue weighted by Gasteiger charge is -2.11. The van der Waals surface area contributed by atoms with Gasteiger partial charge in [-0.15, -0.1) is 0 Å². The predicted octanol–water partition coefficient (Wildman–Crippen LogP) is 1.64. The molecule has 1 N–H and O–H groups in total. The molecule has 1 heterocycles. The maximum absolute atomic E-state index is 11.6. The zero-order valence-corrected chi connectivity index (χ0v) is 11.7. The Hall–Kier alpha value is -0.720. The smallest absolute Gasteiger partial charge is 0.248 e. The van der Waals surface area contributed by atoms with Gasteiger partial charge in [0.05, 0.1) is 22.1 Å². The van der Waals surface area contributed by atoms with Gasteiger partial charge < -0.3 is 10.2 Å². The van der Waals surface area contributed by atoms with Crippen LogP contribution in [-0.4, -0.2) is 35.8 Å². The van der Waals surface area contributed by atoms with Crippen LogP contribution in [0.1, 0.15) is 4.88 Å². The SMILES string of the molecule is C=C(CN(C)C)C(=O)NCc1sncc1Br. The largest absolute Gasteiger partial charge is 0.347 e. The van der Waals surface area contributed by atoms with Crippen molar-refractivity contribution in [3.8, 4) is 0 Å². The average Bonchev–Trinajstić information content (AvgIpc) is 2.59. The Morgan fingerprint density at radius 1 is 1.69 bits per heavy atom. The minimum atomic E-state index is -0.117. The lowest BCUT2D eigenvalue weighted by atomic mass is 10.2. The second kappa shape index (κ2) is 6.12. The number of carbonyl (C=O) groups is 1. The first kappa shape index (κ1) is 13.3. The van der Waals surface area contributed by atoms with E-state index >= 15 is 0 Å². The molecule has 1 amide bonds. The number of carbonyl (C=O) groups excluding carboxylic acids is 1. The molecule has 0 saturated heterocycles. The third-order valence-electron chi connectivity index (χ3n) is 1.83. The van der Waals surface area contributed by atoms with Crippen molar-refractivity contribution < 1.29 is 4.79 Å². The summed E-state index contributed by atoms with van der Waals surface area (Å²) in [6.07, 6.45) is 1.72. The first-order valence-corrected chi connectivity index (χ1v) is 6.27. The maximum atomic E-state index is 11.6. The molecule has 0 aliphatic rings. The lowest BCUT2D eigenvalue weighted by molar-refractivity contribution is -0.117. The van der Waals surface area contributed by atoms with Crippen molar-refractivity contribution >= 4 is 33.4 Å². The molecule has 1 rings (SSSR count). The fraction of sp³-hybridized carbons (Fsp3) is 0.400. The van der Waals surface area contributed by atoms with Gasteiger partial charge in [0, 0.05) is 12.1 Å². The molecular weight excluding hydrogens is 290 g/mol. The summed E-state index contributed by atoms with van der Waals surface area (Å²) in [5, 5.41) is 2.81. The number of likely N-dealkylation sites (N-methyl/N-ethyl adjacent to an activating group) is 1. The van der Waals surface area contributed by atoms with E-state index in [-0.39, 0.29) is 5.91 Å². The normalized spacial score (nSPS) is 10.5. The van der Waals surface area contributed by atoms with E-state index in [0.29, 0.717) is 18.7 Å². The van der Waals surface area contributed by atoms with E-state index in [1.807, 2.05) is 19.0 Å². The maximum Gasteiger partial charge on any atom is 0.248 e. The van der Waals surface area contributed by atoms with Crippen LogP contribution in [0.2, 0.25) is 0 Å². The van der Waals surface area contributed by atoms with Gasteiger partial charge >= 0.3 is 0 Å². The molecule has 16 heavy (non-hydrogen) atoms. The molecule has 0 fully saturated rings. The molecular formula is C10H14BrN3OS. The molecule has 0 unspecified atom stereocenters. The summed E-state index contributed by atoms with van der Waals surface area (Å²) < 4.78 is 4.93. The lowest BCUT2D eigenvalue weighted by Crippen LogP contribution is -2.29. The average molecular weight is 304 g/mol. The number of nitrogens with one attached hydrogen (secondary N) is 1. The van der Waals surface area contributed by atoms with E-state index in [9.17, 15) is 4.79 Å². The van der Waals surface area contributed by atoms with Crippen LogP contribution in [0.15, 0.2) is 22.8 Å². The van der Waals surface area contributed by atoms with Crippen molar-refractivity contribution in [2.45, 2.75) is 6.54 Å². The van der Waals surface area contributed by atoms with Crippen molar-refractivity contribution in [2.24, 2.45) is 0 Å². The number of nitrogens with zero attached hydrogens (tertiary/aromatic N) is 2. The van der Waals surface area contributed by atoms with Crippen LogP contribution in [0.4, 0.5) is 0 Å². The zero-order valence-electron chi connectivity index (χ0n) is 9.29. The van der Waals surface area contributed by atoms with Crippen molar-refractivity contribution in [3.63, 3.8) is 0 Å². The molecule has 88 valence electrons. The topological polar surface area (TPSA) is 45.2 Å². The summed E-state index contributed by atoms with van der Waals surface area (Å²) >= 11 is 4.73. The van der Waals surface area contributed by atoms with Crippen LogP contribution in [0.5, 0.6) is 0 Å². The molecule has 0 aromatic carbocycles. The molecule has 1 aromatic heterocycles. The van der Waals surface area contributed by atoms with Gasteiger partial charge in [0.1, 0.15) is 0 Å². The van der Waals surface area contributed by atoms with Crippen molar-refractivity contribution in [2.75, 3.05) is 20.6 Å². The highest BCUT2D eigenvalue weighted by Crippen LogP contribution is 2.19. The third-order valence-corrected chi connectivity index (χ3v) is 3.57. The number of halogens is 1. The minimum Gasteiger partial charge on any atom is -0.347 e. The molecule has 0 bridgehead atoms. The summed E-state index contributed by atoms with van der Waals surface area (Å²) in [4.78, 5) is 14.5. The number of amides is 1. The summed E-state index contributed by atoms with van der Waals surface area (Å²) in [5.74, 6) is -0.117. The number of hydrogen-bond donors (Lipinski definition) is 1. The van der Waals surface area contributed by atoms with Crippen LogP contribution in [0.3, 0.4) is 0 Å². The van der Waals surface area contributed by atoms with E-state index in [1.54, 1.807) is 6.20 Å². The van der Waals surface area contributed by atoms with Crippen LogP contribution >= 0.6 is 27.5 Å². The Morgan fingerprint density at radius 3 is 2.88 bits per heavy atom. The third kappa shape index (κ3) is 4.03. The van der Waals surface area contributed by atoms with E-state index < -0.39 is 0 Å². The van der Waals surface area contributed by atoms with Gasteiger partial charge in [0.15, 0.2) is 0 Å². The highest BCUT2D eigenvalue weighted by atomic mass is 79.9. The second-order valence-electron chi connectivity index (χ2n) is 3.62. The summed E-state index contributed by atoms with van der Waals surface area (Å²) in [6, 6.07) is 0. The second-order valence-corrected chi connectivity index (χ2v) is 5.36. The van der Waals surface area contributed by atoms with Crippen LogP contribution in [-0.2, 0) is 11.3 Å². The Bertz CT molecular complexity index is 389. The Labute approximate surface area is 108 Å². The molecule has 1 aromatic rings. The fourth-order valence-corrected chi connectivity index (χ4v) is 2.26. The molecule has 0 aliphatic carbocycles. The van der Waals surface area contributed by atoms with Crippen molar-refractivity contribution in [3.05, 3.63) is 27.7 Å². The molecule has 0 spiro atoms. The van der Waals surface area contributed by atoms with Crippen molar-refractivity contribution in [1.29, 1.82) is 0 Å². The number of rotatable bonds is 5. The summed E-state index contributed by atoms with van der Waals surface area (Å²) in [7, 11) is 3.80. The molecule has 6 heteroatoms. The van der Waals surface area contributed by atoms with Gasteiger partial charge in [-0.05, 0) is 41.6 Å². The first-order valence-electron chi connectivity index (χ1n) is 4.70. The van der Waals surface area contributed by atoms with E-state index in [0.717, 1.165) is 9.35 Å². The van der Waals surface area contributed by atoms with E-state index in [1.165, 1.54) is 11.5 Å². The van der Waals surface area contributed by atoms with Crippen LogP contribution in [0.25, 0.3) is 0 Å². The quantitative estimate of drug-likeness (QED) is 0.841. The standard InChI is InChI=1S/C10H14BrN3OS/c1-7(6-14(2)3)10(15)12-5-9-8(11)4-13-16-9/h4H,1,5-6H2,2-3H3,(H,12,15). The van der Waals surface area contributed by atoms with E-state index in [4.69, 9.17) is 0 Å². The number of aromatic nitrogens is 1. The van der Waals surface area contributed by atoms with Gasteiger partial charge in [-0.2, -0.15) is 4.37 Å². The van der Waals surface area contributed by atoms with Crippen LogP contribution < -0.4 is 5.32 Å². The first-order chi connectivity index (χ1) is 7.50. The fourth-order valence-electron chi connectivity index (χ4n) is 1.11. The van der Waals surface area contributed by atoms with Gasteiger partial charge in [-0.3, -0.25) is 4.79 Å². The predicted molar refractivity (Wildman–Crippen MR) is 69.4 cm³/mol. The highest BCUT2D eigenvalue weighted by molar-refractivity contribution is 9.10. The van der Waals surface area contributed by atoms with Gasteiger partial charge in [0.25, 0.3) is 0 Å². The van der Waals surface area contributed by atoms with Gasteiger partial charge in [0.2, 0.25) is 5.91 Å². The number of hydrogen-bond acceptors (Lipinski definition) is 4. The molecule has 0 atom stereocenters. The van der Waals surface area contributed by atoms with Crippen LogP contribution in [0, 0.1) is 0 Å².